The summed E-state index contributed by atoms with van der Waals surface area (Å²) in [7, 11) is 0. The lowest BCUT2D eigenvalue weighted by molar-refractivity contribution is -0.380. The molecule has 3 heterocycles. The van der Waals surface area contributed by atoms with E-state index in [1.807, 2.05) is 6.92 Å². The minimum Gasteiger partial charge on any atom is -0.352 e. The summed E-state index contributed by atoms with van der Waals surface area (Å²) in [6.45, 7) is 2.89. The van der Waals surface area contributed by atoms with E-state index in [9.17, 15) is 10.1 Å². The maximum Gasteiger partial charge on any atom is 0.345 e. The molecule has 106 valence electrons. The topological polar surface area (TPSA) is 98.8 Å². The second kappa shape index (κ2) is 5.16. The van der Waals surface area contributed by atoms with Crippen LogP contribution in [0.15, 0.2) is 6.20 Å². The molecule has 0 saturated heterocycles. The van der Waals surface area contributed by atoms with E-state index in [4.69, 9.17) is 0 Å². The second-order valence-corrected chi connectivity index (χ2v) is 5.72. The molecular weight excluding hydrogens is 280 g/mol. The Labute approximate surface area is 119 Å². The average Bonchev–Trinajstić information content (AvgIpc) is 3.04. The molecule has 0 bridgehead atoms. The molecule has 0 fully saturated rings. The summed E-state index contributed by atoms with van der Waals surface area (Å²) in [6, 6.07) is -0.0832. The zero-order valence-corrected chi connectivity index (χ0v) is 11.8. The third-order valence-electron chi connectivity index (χ3n) is 3.29. The van der Waals surface area contributed by atoms with Crippen molar-refractivity contribution in [3.05, 3.63) is 28.0 Å². The average molecular weight is 294 g/mol. The van der Waals surface area contributed by atoms with Crippen molar-refractivity contribution in [2.45, 2.75) is 38.8 Å². The first kappa shape index (κ1) is 13.0. The number of fused-ring (bicyclic) bond motifs is 1. The van der Waals surface area contributed by atoms with Gasteiger partial charge in [-0.2, -0.15) is 0 Å². The van der Waals surface area contributed by atoms with Gasteiger partial charge in [-0.1, -0.05) is 0 Å². The van der Waals surface area contributed by atoms with Crippen LogP contribution in [0.2, 0.25) is 0 Å². The number of nitro groups is 1. The largest absolute Gasteiger partial charge is 0.352 e. The fourth-order valence-corrected chi connectivity index (χ4v) is 3.04. The number of nitrogens with zero attached hydrogens (tertiary/aromatic N) is 5. The molecule has 2 aromatic rings. The molecule has 8 nitrogen and oxygen atoms in total. The third kappa shape index (κ3) is 2.36. The Morgan fingerprint density at radius 1 is 1.50 bits per heavy atom. The van der Waals surface area contributed by atoms with Gasteiger partial charge in [0.25, 0.3) is 0 Å². The maximum atomic E-state index is 10.6. The molecule has 1 aliphatic rings. The monoisotopic (exact) mass is 294 g/mol. The molecule has 3 rings (SSSR count). The van der Waals surface area contributed by atoms with Crippen LogP contribution in [-0.4, -0.2) is 24.7 Å². The number of aromatic nitrogens is 4. The van der Waals surface area contributed by atoms with Gasteiger partial charge in [0.2, 0.25) is 0 Å². The molecule has 0 unspecified atom stereocenters. The molecule has 0 amide bonds. The first-order chi connectivity index (χ1) is 9.65. The Hall–Kier alpha value is -2.03. The van der Waals surface area contributed by atoms with Crippen molar-refractivity contribution in [3.8, 4) is 0 Å². The van der Waals surface area contributed by atoms with Crippen LogP contribution in [0, 0.1) is 10.1 Å². The van der Waals surface area contributed by atoms with Gasteiger partial charge in [-0.05, 0) is 31.1 Å². The van der Waals surface area contributed by atoms with E-state index in [2.05, 4.69) is 25.1 Å². The highest BCUT2D eigenvalue weighted by molar-refractivity contribution is 7.18. The van der Waals surface area contributed by atoms with E-state index >= 15 is 0 Å². The molecule has 20 heavy (non-hydrogen) atoms. The van der Waals surface area contributed by atoms with Crippen molar-refractivity contribution < 1.29 is 4.92 Å². The molecule has 0 spiro atoms. The predicted octanol–water partition coefficient (Wildman–Crippen LogP) is 2.15. The van der Waals surface area contributed by atoms with Crippen LogP contribution < -0.4 is 5.32 Å². The summed E-state index contributed by atoms with van der Waals surface area (Å²) in [4.78, 5) is 14.2. The number of hydrogen-bond acceptors (Lipinski definition) is 7. The molecule has 0 radical (unpaired) electrons. The first-order valence-electron chi connectivity index (χ1n) is 6.44. The van der Waals surface area contributed by atoms with E-state index in [0.29, 0.717) is 5.13 Å². The molecular formula is C11H14N6O2S. The summed E-state index contributed by atoms with van der Waals surface area (Å²) < 4.78 is 2.13. The molecule has 1 aliphatic heterocycles. The highest BCUT2D eigenvalue weighted by Crippen LogP contribution is 2.28. The molecule has 0 saturated carbocycles. The van der Waals surface area contributed by atoms with Gasteiger partial charge in [0, 0.05) is 13.0 Å². The number of anilines is 1. The normalized spacial score (nSPS) is 15.7. The molecule has 1 N–H and O–H groups in total. The predicted molar refractivity (Wildman–Crippen MR) is 73.8 cm³/mol. The molecule has 2 aromatic heterocycles. The number of rotatable bonds is 4. The molecule has 0 aromatic carbocycles. The molecule has 1 atom stereocenters. The lowest BCUT2D eigenvalue weighted by Crippen LogP contribution is -2.18. The molecule has 9 heteroatoms. The van der Waals surface area contributed by atoms with Crippen LogP contribution >= 0.6 is 11.3 Å². The maximum absolute atomic E-state index is 10.6. The zero-order valence-electron chi connectivity index (χ0n) is 10.9. The van der Waals surface area contributed by atoms with Gasteiger partial charge in [0.15, 0.2) is 11.0 Å². The van der Waals surface area contributed by atoms with Gasteiger partial charge in [-0.3, -0.25) is 10.1 Å². The van der Waals surface area contributed by atoms with Gasteiger partial charge < -0.3 is 9.88 Å². The van der Waals surface area contributed by atoms with Crippen LogP contribution in [-0.2, 0) is 13.0 Å². The summed E-state index contributed by atoms with van der Waals surface area (Å²) >= 11 is 1.03. The fourth-order valence-electron chi connectivity index (χ4n) is 2.32. The minimum atomic E-state index is -0.438. The van der Waals surface area contributed by atoms with Gasteiger partial charge in [-0.25, -0.2) is 4.98 Å². The van der Waals surface area contributed by atoms with E-state index in [0.717, 1.165) is 48.8 Å². The van der Waals surface area contributed by atoms with Crippen LogP contribution in [0.25, 0.3) is 0 Å². The van der Waals surface area contributed by atoms with Crippen molar-refractivity contribution in [2.24, 2.45) is 0 Å². The van der Waals surface area contributed by atoms with E-state index in [1.165, 1.54) is 6.20 Å². The summed E-state index contributed by atoms with van der Waals surface area (Å²) in [5.74, 6) is 1.88. The zero-order chi connectivity index (χ0) is 14.1. The number of hydrogen-bond donors (Lipinski definition) is 1. The van der Waals surface area contributed by atoms with Crippen molar-refractivity contribution >= 4 is 21.5 Å². The standard InChI is InChI=1S/C11H14N6O2S/c1-7(13-11-12-6-9(20-11)17(18)19)10-15-14-8-4-2-3-5-16(8)10/h6-7H,2-5H2,1H3,(H,12,13)/t7-/m0/s1. The van der Waals surface area contributed by atoms with Crippen molar-refractivity contribution in [2.75, 3.05) is 5.32 Å². The number of aryl methyl sites for hydroxylation is 1. The van der Waals surface area contributed by atoms with Crippen LogP contribution in [0.5, 0.6) is 0 Å². The second-order valence-electron chi connectivity index (χ2n) is 4.71. The smallest absolute Gasteiger partial charge is 0.345 e. The summed E-state index contributed by atoms with van der Waals surface area (Å²) in [6.07, 6.45) is 4.51. The van der Waals surface area contributed by atoms with Crippen molar-refractivity contribution in [1.82, 2.24) is 19.7 Å². The minimum absolute atomic E-state index is 0.0305. The lowest BCUT2D eigenvalue weighted by Gasteiger charge is -2.18. The summed E-state index contributed by atoms with van der Waals surface area (Å²) in [5, 5.41) is 22.8. The van der Waals surface area contributed by atoms with Crippen LogP contribution in [0.4, 0.5) is 10.1 Å². The van der Waals surface area contributed by atoms with Crippen molar-refractivity contribution in [3.63, 3.8) is 0 Å². The van der Waals surface area contributed by atoms with Gasteiger partial charge in [0.1, 0.15) is 12.0 Å². The van der Waals surface area contributed by atoms with Gasteiger partial charge in [-0.15, -0.1) is 10.2 Å². The quantitative estimate of drug-likeness (QED) is 0.685. The Bertz CT molecular complexity index is 637. The Morgan fingerprint density at radius 3 is 3.10 bits per heavy atom. The van der Waals surface area contributed by atoms with E-state index < -0.39 is 4.92 Å². The van der Waals surface area contributed by atoms with Gasteiger partial charge >= 0.3 is 5.00 Å². The number of thiazole rings is 1. The lowest BCUT2D eigenvalue weighted by atomic mass is 10.1. The molecule has 0 aliphatic carbocycles. The van der Waals surface area contributed by atoms with Crippen molar-refractivity contribution in [1.29, 1.82) is 0 Å². The Balaban J connectivity index is 1.77. The first-order valence-corrected chi connectivity index (χ1v) is 7.25. The van der Waals surface area contributed by atoms with E-state index in [1.54, 1.807) is 0 Å². The highest BCUT2D eigenvalue weighted by Gasteiger charge is 2.21. The SMILES string of the molecule is C[C@H](Nc1ncc([N+](=O)[O-])s1)c1nnc2n1CCCC2. The number of nitrogens with one attached hydrogen (secondary N) is 1. The Morgan fingerprint density at radius 2 is 2.35 bits per heavy atom. The van der Waals surface area contributed by atoms with Gasteiger partial charge in [0.05, 0.1) is 11.0 Å². The summed E-state index contributed by atoms with van der Waals surface area (Å²) in [5.41, 5.74) is 0. The Kier molecular flexibility index (Phi) is 3.35. The van der Waals surface area contributed by atoms with Crippen LogP contribution in [0.1, 0.15) is 37.5 Å². The third-order valence-corrected chi connectivity index (χ3v) is 4.17. The fraction of sp³-hybridized carbons (Fsp3) is 0.545. The van der Waals surface area contributed by atoms with Crippen LogP contribution in [0.3, 0.4) is 0 Å². The van der Waals surface area contributed by atoms with E-state index in [-0.39, 0.29) is 11.0 Å². The highest BCUT2D eigenvalue weighted by atomic mass is 32.1.